The second-order valence-corrected chi connectivity index (χ2v) is 1.31. The number of rotatable bonds is 0. The molecular weight excluding hydrogens is 87.5 g/mol. The van der Waals surface area contributed by atoms with Crippen LogP contribution in [0.2, 0.25) is 0 Å². The van der Waals surface area contributed by atoms with E-state index < -0.39 is 0 Å². The fourth-order valence-corrected chi connectivity index (χ4v) is 0. The Morgan fingerprint density at radius 2 is 2.20 bits per heavy atom. The maximum absolute atomic E-state index is 7.85. The van der Waals surface area contributed by atoms with E-state index in [0.717, 1.165) is 6.26 Å². The standard InChI is InChI=1S/C3H5ClO/c1-3(4)2-5/h2,5H,1H3/b3-2+. The lowest BCUT2D eigenvalue weighted by Crippen LogP contribution is -1.50. The van der Waals surface area contributed by atoms with Crippen LogP contribution in [0.5, 0.6) is 0 Å². The van der Waals surface area contributed by atoms with Gasteiger partial charge in [0.15, 0.2) is 0 Å². The van der Waals surface area contributed by atoms with Gasteiger partial charge in [-0.25, -0.2) is 0 Å². The molecule has 0 atom stereocenters. The number of halogens is 1. The highest BCUT2D eigenvalue weighted by atomic mass is 35.5. The van der Waals surface area contributed by atoms with Crippen molar-refractivity contribution < 1.29 is 5.11 Å². The number of aliphatic hydroxyl groups excluding tert-OH is 1. The van der Waals surface area contributed by atoms with E-state index >= 15 is 0 Å². The molecule has 1 N–H and O–H groups in total. The van der Waals surface area contributed by atoms with Crippen molar-refractivity contribution in [3.05, 3.63) is 11.3 Å². The first-order chi connectivity index (χ1) is 2.27. The van der Waals surface area contributed by atoms with E-state index in [0.29, 0.717) is 5.03 Å². The Hall–Kier alpha value is -0.170. The molecule has 0 aliphatic rings. The molecule has 5 heavy (non-hydrogen) atoms. The van der Waals surface area contributed by atoms with Gasteiger partial charge in [0, 0.05) is 5.03 Å². The van der Waals surface area contributed by atoms with Crippen LogP contribution in [0.25, 0.3) is 0 Å². The zero-order valence-electron chi connectivity index (χ0n) is 2.90. The van der Waals surface area contributed by atoms with E-state index in [1.165, 1.54) is 0 Å². The minimum Gasteiger partial charge on any atom is -0.514 e. The first kappa shape index (κ1) is 4.83. The maximum atomic E-state index is 7.85. The van der Waals surface area contributed by atoms with Crippen LogP contribution < -0.4 is 0 Å². The van der Waals surface area contributed by atoms with Crippen LogP contribution in [0, 0.1) is 0 Å². The van der Waals surface area contributed by atoms with Crippen molar-refractivity contribution in [3.8, 4) is 0 Å². The quantitative estimate of drug-likeness (QED) is 0.451. The van der Waals surface area contributed by atoms with E-state index in [-0.39, 0.29) is 0 Å². The molecule has 0 spiro atoms. The zero-order valence-corrected chi connectivity index (χ0v) is 3.66. The Morgan fingerprint density at radius 1 is 2.00 bits per heavy atom. The molecule has 0 aromatic heterocycles. The topological polar surface area (TPSA) is 20.2 Å². The molecule has 0 saturated heterocycles. The highest BCUT2D eigenvalue weighted by Gasteiger charge is 1.66. The van der Waals surface area contributed by atoms with E-state index in [9.17, 15) is 0 Å². The summed E-state index contributed by atoms with van der Waals surface area (Å²) in [7, 11) is 0. The summed E-state index contributed by atoms with van der Waals surface area (Å²) in [6, 6.07) is 0. The van der Waals surface area contributed by atoms with E-state index in [4.69, 9.17) is 16.7 Å². The molecule has 0 aromatic carbocycles. The number of allylic oxidation sites excluding steroid dienone is 1. The van der Waals surface area contributed by atoms with Crippen molar-refractivity contribution in [1.82, 2.24) is 0 Å². The first-order valence-electron chi connectivity index (χ1n) is 1.24. The molecule has 0 unspecified atom stereocenters. The minimum absolute atomic E-state index is 0.407. The SMILES string of the molecule is C/C(Cl)=C\O. The normalized spacial score (nSPS) is 12.0. The number of hydrogen-bond acceptors (Lipinski definition) is 1. The highest BCUT2D eigenvalue weighted by molar-refractivity contribution is 6.29. The van der Waals surface area contributed by atoms with E-state index in [1.807, 2.05) is 0 Å². The molecule has 0 aromatic rings. The van der Waals surface area contributed by atoms with Crippen LogP contribution >= 0.6 is 11.6 Å². The van der Waals surface area contributed by atoms with Crippen LogP contribution in [0.4, 0.5) is 0 Å². The third-order valence-corrected chi connectivity index (χ3v) is 0.275. The van der Waals surface area contributed by atoms with Crippen LogP contribution in [-0.2, 0) is 0 Å². The Balaban J connectivity index is 3.14. The molecular formula is C3H5ClO. The first-order valence-corrected chi connectivity index (χ1v) is 1.61. The Labute approximate surface area is 35.9 Å². The van der Waals surface area contributed by atoms with Crippen molar-refractivity contribution in [2.24, 2.45) is 0 Å². The second-order valence-electron chi connectivity index (χ2n) is 0.716. The van der Waals surface area contributed by atoms with Gasteiger partial charge >= 0.3 is 0 Å². The summed E-state index contributed by atoms with van der Waals surface area (Å²) in [5.41, 5.74) is 0. The summed E-state index contributed by atoms with van der Waals surface area (Å²) >= 11 is 5.07. The molecule has 0 radical (unpaired) electrons. The smallest absolute Gasteiger partial charge is 0.0933 e. The summed E-state index contributed by atoms with van der Waals surface area (Å²) in [5, 5.41) is 8.26. The molecule has 1 nitrogen and oxygen atoms in total. The Morgan fingerprint density at radius 3 is 2.20 bits per heavy atom. The largest absolute Gasteiger partial charge is 0.514 e. The predicted octanol–water partition coefficient (Wildman–Crippen LogP) is 1.64. The third-order valence-electron chi connectivity index (χ3n) is 0.178. The van der Waals surface area contributed by atoms with Crippen molar-refractivity contribution >= 4 is 11.6 Å². The van der Waals surface area contributed by atoms with E-state index in [2.05, 4.69) is 0 Å². The fraction of sp³-hybridized carbons (Fsp3) is 0.333. The van der Waals surface area contributed by atoms with Crippen LogP contribution in [0.3, 0.4) is 0 Å². The fourth-order valence-electron chi connectivity index (χ4n) is 0. The summed E-state index contributed by atoms with van der Waals surface area (Å²) in [6.45, 7) is 1.60. The number of aliphatic hydroxyl groups is 1. The molecule has 0 heterocycles. The third kappa shape index (κ3) is 3.83. The molecule has 2 heteroatoms. The summed E-state index contributed by atoms with van der Waals surface area (Å²) in [5.74, 6) is 0. The average molecular weight is 92.5 g/mol. The van der Waals surface area contributed by atoms with Gasteiger partial charge in [-0.2, -0.15) is 0 Å². The van der Waals surface area contributed by atoms with E-state index in [1.54, 1.807) is 6.92 Å². The second kappa shape index (κ2) is 2.09. The van der Waals surface area contributed by atoms with Gasteiger partial charge in [0.1, 0.15) is 0 Å². The number of hydrogen-bond donors (Lipinski definition) is 1. The van der Waals surface area contributed by atoms with Gasteiger partial charge in [0.05, 0.1) is 6.26 Å². The molecule has 30 valence electrons. The summed E-state index contributed by atoms with van der Waals surface area (Å²) in [4.78, 5) is 0. The molecule has 0 bridgehead atoms. The lowest BCUT2D eigenvalue weighted by Gasteiger charge is -1.70. The van der Waals surface area contributed by atoms with Gasteiger partial charge in [-0.1, -0.05) is 11.6 Å². The van der Waals surface area contributed by atoms with Crippen LogP contribution in [0.1, 0.15) is 6.92 Å². The van der Waals surface area contributed by atoms with Crippen molar-refractivity contribution in [2.75, 3.05) is 0 Å². The maximum Gasteiger partial charge on any atom is 0.0933 e. The van der Waals surface area contributed by atoms with Crippen molar-refractivity contribution in [3.63, 3.8) is 0 Å². The highest BCUT2D eigenvalue weighted by Crippen LogP contribution is 1.92. The molecule has 0 aliphatic heterocycles. The van der Waals surface area contributed by atoms with Crippen molar-refractivity contribution in [1.29, 1.82) is 0 Å². The van der Waals surface area contributed by atoms with Gasteiger partial charge < -0.3 is 5.11 Å². The van der Waals surface area contributed by atoms with Gasteiger partial charge in [-0.05, 0) is 6.92 Å². The summed E-state index contributed by atoms with van der Waals surface area (Å²) < 4.78 is 0. The molecule has 0 fully saturated rings. The van der Waals surface area contributed by atoms with Gasteiger partial charge in [0.25, 0.3) is 0 Å². The monoisotopic (exact) mass is 92.0 g/mol. The van der Waals surface area contributed by atoms with Gasteiger partial charge in [0.2, 0.25) is 0 Å². The van der Waals surface area contributed by atoms with Gasteiger partial charge in [-0.15, -0.1) is 0 Å². The molecule has 0 rings (SSSR count). The van der Waals surface area contributed by atoms with Crippen LogP contribution in [-0.4, -0.2) is 5.11 Å². The molecule has 0 saturated carbocycles. The lowest BCUT2D eigenvalue weighted by atomic mass is 10.7. The zero-order chi connectivity index (χ0) is 4.28. The Bertz CT molecular complexity index is 44.9. The summed E-state index contributed by atoms with van der Waals surface area (Å²) in [6.07, 6.45) is 0.849. The van der Waals surface area contributed by atoms with Gasteiger partial charge in [-0.3, -0.25) is 0 Å². The molecule has 0 amide bonds. The van der Waals surface area contributed by atoms with Crippen molar-refractivity contribution in [2.45, 2.75) is 6.92 Å². The molecule has 0 aliphatic carbocycles. The Kier molecular flexibility index (Phi) is 2.02. The average Bonchev–Trinajstić information content (AvgIpc) is 1.38. The minimum atomic E-state index is 0.407. The lowest BCUT2D eigenvalue weighted by molar-refractivity contribution is 0.471. The predicted molar refractivity (Wildman–Crippen MR) is 22.2 cm³/mol. The van der Waals surface area contributed by atoms with Crippen LogP contribution in [0.15, 0.2) is 11.3 Å².